The number of halogens is 1. The van der Waals surface area contributed by atoms with Crippen LogP contribution in [0.25, 0.3) is 11.1 Å². The highest BCUT2D eigenvalue weighted by molar-refractivity contribution is 7.85. The molecule has 0 aliphatic carbocycles. The predicted octanol–water partition coefficient (Wildman–Crippen LogP) is 3.42. The van der Waals surface area contributed by atoms with Gasteiger partial charge in [0.15, 0.2) is 5.96 Å². The van der Waals surface area contributed by atoms with Gasteiger partial charge in [0, 0.05) is 30.6 Å². The molecule has 1 aromatic heterocycles. The van der Waals surface area contributed by atoms with Gasteiger partial charge in [-0.3, -0.25) is 4.55 Å². The zero-order chi connectivity index (χ0) is 26.3. The van der Waals surface area contributed by atoms with E-state index in [9.17, 15) is 12.8 Å². The lowest BCUT2D eigenvalue weighted by molar-refractivity contribution is 0.0675. The second kappa shape index (κ2) is 12.0. The number of rotatable bonds is 5. The van der Waals surface area contributed by atoms with Crippen LogP contribution in [0.4, 0.5) is 10.3 Å². The van der Waals surface area contributed by atoms with Gasteiger partial charge in [0.05, 0.1) is 32.3 Å². The molecule has 10 nitrogen and oxygen atoms in total. The molecule has 4 rings (SSSR count). The van der Waals surface area contributed by atoms with Crippen LogP contribution in [-0.2, 0) is 14.9 Å². The van der Waals surface area contributed by atoms with Gasteiger partial charge in [-0.2, -0.15) is 13.4 Å². The van der Waals surface area contributed by atoms with E-state index in [0.29, 0.717) is 55.7 Å². The third-order valence-corrected chi connectivity index (χ3v) is 5.41. The zero-order valence-corrected chi connectivity index (χ0v) is 21.0. The van der Waals surface area contributed by atoms with Crippen molar-refractivity contribution < 1.29 is 31.4 Å². The molecule has 2 heterocycles. The fourth-order valence-electron chi connectivity index (χ4n) is 3.49. The van der Waals surface area contributed by atoms with Crippen molar-refractivity contribution in [1.82, 2.24) is 10.1 Å². The Morgan fingerprint density at radius 2 is 1.83 bits per heavy atom. The van der Waals surface area contributed by atoms with E-state index in [1.54, 1.807) is 19.2 Å². The van der Waals surface area contributed by atoms with Gasteiger partial charge in [0.25, 0.3) is 16.0 Å². The molecule has 1 aliphatic heterocycles. The van der Waals surface area contributed by atoms with Gasteiger partial charge < -0.3 is 24.6 Å². The number of aromatic nitrogens is 1. The molecule has 0 bridgehead atoms. The fraction of sp³-hybridized carbons (Fsp3) is 0.333. The van der Waals surface area contributed by atoms with Gasteiger partial charge in [0.1, 0.15) is 11.6 Å². The van der Waals surface area contributed by atoms with Gasteiger partial charge in [-0.1, -0.05) is 36.3 Å². The Morgan fingerprint density at radius 1 is 1.19 bits per heavy atom. The third-order valence-electron chi connectivity index (χ3n) is 5.41. The molecule has 2 aromatic carbocycles. The highest BCUT2D eigenvalue weighted by atomic mass is 32.2. The van der Waals surface area contributed by atoms with Gasteiger partial charge in [-0.05, 0) is 29.3 Å². The van der Waals surface area contributed by atoms with E-state index in [1.165, 1.54) is 6.07 Å². The minimum atomic E-state index is -3.67. The number of methoxy groups -OCH3 is 1. The summed E-state index contributed by atoms with van der Waals surface area (Å²) < 4.78 is 56.5. The van der Waals surface area contributed by atoms with Crippen molar-refractivity contribution in [1.29, 1.82) is 0 Å². The summed E-state index contributed by atoms with van der Waals surface area (Å²) in [5, 5.41) is 4.10. The Morgan fingerprint density at radius 3 is 2.42 bits per heavy atom. The molecule has 36 heavy (non-hydrogen) atoms. The molecular weight excluding hydrogens is 491 g/mol. The number of nitrogens with zero attached hydrogens (tertiary/aromatic N) is 3. The lowest BCUT2D eigenvalue weighted by atomic mass is 9.95. The number of hydrogen-bond donors (Lipinski definition) is 2. The van der Waals surface area contributed by atoms with Crippen molar-refractivity contribution in [2.75, 3.05) is 39.7 Å². The van der Waals surface area contributed by atoms with Crippen LogP contribution in [0.1, 0.15) is 24.1 Å². The Kier molecular flexibility index (Phi) is 9.02. The first-order valence-electron chi connectivity index (χ1n) is 11.0. The number of guanidine groups is 1. The molecule has 3 N–H and O–H groups in total. The molecule has 1 fully saturated rings. The highest BCUT2D eigenvalue weighted by Crippen LogP contribution is 2.31. The van der Waals surface area contributed by atoms with E-state index in [-0.39, 0.29) is 11.7 Å². The maximum atomic E-state index is 14.8. The quantitative estimate of drug-likeness (QED) is 0.294. The van der Waals surface area contributed by atoms with Crippen LogP contribution in [0.2, 0.25) is 0 Å². The molecular formula is C24H29FN4O6S. The summed E-state index contributed by atoms with van der Waals surface area (Å²) >= 11 is 0. The van der Waals surface area contributed by atoms with E-state index in [0.717, 1.165) is 16.9 Å². The minimum absolute atomic E-state index is 0.170. The number of morpholine rings is 1. The lowest BCUT2D eigenvalue weighted by Crippen LogP contribution is -2.44. The molecule has 194 valence electrons. The van der Waals surface area contributed by atoms with Crippen molar-refractivity contribution in [3.63, 3.8) is 0 Å². The van der Waals surface area contributed by atoms with Gasteiger partial charge in [-0.15, -0.1) is 0 Å². The second-order valence-electron chi connectivity index (χ2n) is 8.08. The number of benzene rings is 2. The molecule has 0 saturated carbocycles. The van der Waals surface area contributed by atoms with Crippen LogP contribution in [0.5, 0.6) is 5.75 Å². The summed E-state index contributed by atoms with van der Waals surface area (Å²) in [5.74, 6) is 0.951. The highest BCUT2D eigenvalue weighted by Gasteiger charge is 2.18. The molecule has 1 saturated heterocycles. The van der Waals surface area contributed by atoms with Gasteiger partial charge in [0.2, 0.25) is 0 Å². The molecule has 3 aromatic rings. The van der Waals surface area contributed by atoms with Gasteiger partial charge >= 0.3 is 0 Å². The third kappa shape index (κ3) is 7.77. The van der Waals surface area contributed by atoms with Crippen LogP contribution in [0.15, 0.2) is 58.0 Å². The summed E-state index contributed by atoms with van der Waals surface area (Å²) in [6.07, 6.45) is 0.715. The first-order chi connectivity index (χ1) is 17.0. The van der Waals surface area contributed by atoms with E-state index in [1.807, 2.05) is 42.2 Å². The predicted molar refractivity (Wildman–Crippen MR) is 134 cm³/mol. The first-order valence-corrected chi connectivity index (χ1v) is 12.9. The maximum Gasteiger partial charge on any atom is 0.261 e. The largest absolute Gasteiger partial charge is 0.497 e. The molecule has 1 unspecified atom stereocenters. The number of aliphatic imine (C=N–C) groups is 1. The van der Waals surface area contributed by atoms with Crippen LogP contribution in [-0.4, -0.2) is 68.7 Å². The Balaban J connectivity index is 0.000000658. The van der Waals surface area contributed by atoms with Crippen molar-refractivity contribution >= 4 is 22.0 Å². The molecule has 0 amide bonds. The monoisotopic (exact) mass is 520 g/mol. The summed E-state index contributed by atoms with van der Waals surface area (Å²) in [7, 11) is -2.07. The minimum Gasteiger partial charge on any atom is -0.497 e. The van der Waals surface area contributed by atoms with E-state index in [4.69, 9.17) is 24.3 Å². The Labute approximate surface area is 209 Å². The number of ether oxygens (including phenoxy) is 2. The smallest absolute Gasteiger partial charge is 0.261 e. The summed E-state index contributed by atoms with van der Waals surface area (Å²) in [6, 6.07) is 14.2. The van der Waals surface area contributed by atoms with Crippen molar-refractivity contribution in [2.45, 2.75) is 12.8 Å². The first kappa shape index (κ1) is 27.1. The standard InChI is InChI=1S/C23H25FN4O3.CH4O3S/c1-15(21-14-22(31-27-21)26-23(25)28-9-11-30-12-10-28)17-5-8-19(20(24)13-17)16-3-6-18(29-2)7-4-16;1-5(2,3)4/h3-8,13-15H,9-12H2,1-2H3,(H2,25,26);1H3,(H,2,3,4). The van der Waals surface area contributed by atoms with Gasteiger partial charge in [-0.25, -0.2) is 4.39 Å². The molecule has 1 atom stereocenters. The lowest BCUT2D eigenvalue weighted by Gasteiger charge is -2.27. The molecule has 0 radical (unpaired) electrons. The van der Waals surface area contributed by atoms with Crippen molar-refractivity contribution in [3.8, 4) is 16.9 Å². The van der Waals surface area contributed by atoms with Crippen LogP contribution in [0.3, 0.4) is 0 Å². The summed E-state index contributed by atoms with van der Waals surface area (Å²) in [6.45, 7) is 4.55. The SMILES string of the molecule is COc1ccc(-c2ccc(C(C)c3cc(N=C(N)N4CCOCC4)on3)cc2F)cc1.CS(=O)(=O)O. The second-order valence-corrected chi connectivity index (χ2v) is 9.55. The van der Waals surface area contributed by atoms with E-state index >= 15 is 0 Å². The maximum absolute atomic E-state index is 14.8. The van der Waals surface area contributed by atoms with Crippen LogP contribution >= 0.6 is 0 Å². The van der Waals surface area contributed by atoms with Crippen molar-refractivity contribution in [3.05, 3.63) is 65.6 Å². The van der Waals surface area contributed by atoms with Crippen molar-refractivity contribution in [2.24, 2.45) is 10.7 Å². The summed E-state index contributed by atoms with van der Waals surface area (Å²) in [4.78, 5) is 6.25. The normalized spacial score (nSPS) is 15.1. The zero-order valence-electron chi connectivity index (χ0n) is 20.2. The van der Waals surface area contributed by atoms with E-state index in [2.05, 4.69) is 10.1 Å². The summed E-state index contributed by atoms with van der Waals surface area (Å²) in [5.41, 5.74) is 8.83. The number of nitrogens with two attached hydrogens (primary N) is 1. The average Bonchev–Trinajstić information content (AvgIpc) is 3.31. The molecule has 12 heteroatoms. The Hall–Kier alpha value is -3.48. The van der Waals surface area contributed by atoms with Crippen LogP contribution in [0, 0.1) is 5.82 Å². The fourth-order valence-corrected chi connectivity index (χ4v) is 3.49. The van der Waals surface area contributed by atoms with E-state index < -0.39 is 10.1 Å². The Bertz CT molecular complexity index is 1280. The molecule has 1 aliphatic rings. The average molecular weight is 521 g/mol. The number of hydrogen-bond acceptors (Lipinski definition) is 7. The topological polar surface area (TPSA) is 140 Å². The molecule has 0 spiro atoms. The van der Waals surface area contributed by atoms with Crippen LogP contribution < -0.4 is 10.5 Å².